The van der Waals surface area contributed by atoms with E-state index in [1.807, 2.05) is 0 Å². The first-order chi connectivity index (χ1) is 8.93. The Hall–Kier alpha value is -1.40. The van der Waals surface area contributed by atoms with Gasteiger partial charge in [-0.25, -0.2) is 0 Å². The zero-order valence-electron chi connectivity index (χ0n) is 10.5. The van der Waals surface area contributed by atoms with Crippen LogP contribution in [0.3, 0.4) is 0 Å². The van der Waals surface area contributed by atoms with E-state index >= 15 is 0 Å². The molecule has 3 nitrogen and oxygen atoms in total. The molecule has 19 heavy (non-hydrogen) atoms. The number of alkyl halides is 3. The predicted octanol–water partition coefficient (Wildman–Crippen LogP) is 2.48. The van der Waals surface area contributed by atoms with Gasteiger partial charge < -0.3 is 9.47 Å². The zero-order chi connectivity index (χ0) is 14.3. The lowest BCUT2D eigenvalue weighted by Gasteiger charge is -2.07. The molecule has 1 rings (SSSR count). The molecule has 1 aromatic rings. The average molecular weight is 276 g/mol. The summed E-state index contributed by atoms with van der Waals surface area (Å²) < 4.78 is 46.7. The third kappa shape index (κ3) is 5.85. The van der Waals surface area contributed by atoms with Crippen molar-refractivity contribution in [3.63, 3.8) is 0 Å². The molecular weight excluding hydrogens is 261 g/mol. The predicted molar refractivity (Wildman–Crippen MR) is 62.9 cm³/mol. The van der Waals surface area contributed by atoms with Gasteiger partial charge in [0.1, 0.15) is 6.61 Å². The van der Waals surface area contributed by atoms with E-state index in [0.29, 0.717) is 18.8 Å². The highest BCUT2D eigenvalue weighted by molar-refractivity contribution is 5.82. The Labute approximate surface area is 109 Å². The molecule has 0 atom stereocenters. The van der Waals surface area contributed by atoms with E-state index in [9.17, 15) is 18.0 Å². The van der Waals surface area contributed by atoms with Crippen LogP contribution in [0.5, 0.6) is 0 Å². The van der Waals surface area contributed by atoms with Gasteiger partial charge in [0.15, 0.2) is 5.78 Å². The minimum atomic E-state index is -4.36. The van der Waals surface area contributed by atoms with Crippen molar-refractivity contribution in [1.82, 2.24) is 0 Å². The van der Waals surface area contributed by atoms with E-state index in [2.05, 4.69) is 0 Å². The van der Waals surface area contributed by atoms with Crippen LogP contribution in [-0.2, 0) is 26.9 Å². The van der Waals surface area contributed by atoms with Gasteiger partial charge in [-0.05, 0) is 17.7 Å². The molecule has 0 aliphatic heterocycles. The number of Topliss-reactive ketones (excluding diaryl/α,β-unsaturated/α-hetero) is 1. The smallest absolute Gasteiger partial charge is 0.382 e. The molecule has 0 saturated heterocycles. The molecule has 0 fully saturated rings. The molecule has 0 aliphatic rings. The van der Waals surface area contributed by atoms with E-state index in [4.69, 9.17) is 9.47 Å². The van der Waals surface area contributed by atoms with Crippen molar-refractivity contribution in [1.29, 1.82) is 0 Å². The van der Waals surface area contributed by atoms with Crippen LogP contribution in [0.2, 0.25) is 0 Å². The summed E-state index contributed by atoms with van der Waals surface area (Å²) in [5.74, 6) is -0.184. The quantitative estimate of drug-likeness (QED) is 0.718. The minimum absolute atomic E-state index is 0.0606. The molecule has 6 heteroatoms. The highest BCUT2D eigenvalue weighted by atomic mass is 19.4. The summed E-state index contributed by atoms with van der Waals surface area (Å²) in [6.07, 6.45) is -4.29. The third-order valence-corrected chi connectivity index (χ3v) is 2.38. The number of ether oxygens (including phenoxy) is 2. The second kappa shape index (κ2) is 7.25. The highest BCUT2D eigenvalue weighted by Gasteiger charge is 2.29. The SMILES string of the molecule is COCCOCC(=O)Cc1ccc(C(F)(F)F)cc1. The molecule has 0 radical (unpaired) electrons. The molecule has 0 aliphatic carbocycles. The zero-order valence-corrected chi connectivity index (χ0v) is 10.5. The van der Waals surface area contributed by atoms with Crippen molar-refractivity contribution < 1.29 is 27.4 Å². The van der Waals surface area contributed by atoms with Crippen molar-refractivity contribution in [2.45, 2.75) is 12.6 Å². The summed E-state index contributed by atoms with van der Waals surface area (Å²) in [5, 5.41) is 0. The number of halogens is 3. The topological polar surface area (TPSA) is 35.5 Å². The van der Waals surface area contributed by atoms with Crippen molar-refractivity contribution in [2.75, 3.05) is 26.9 Å². The van der Waals surface area contributed by atoms with E-state index in [0.717, 1.165) is 12.1 Å². The van der Waals surface area contributed by atoms with Gasteiger partial charge in [-0.2, -0.15) is 13.2 Å². The summed E-state index contributed by atoms with van der Waals surface area (Å²) in [5.41, 5.74) is -0.187. The number of hydrogen-bond donors (Lipinski definition) is 0. The van der Waals surface area contributed by atoms with Crippen molar-refractivity contribution >= 4 is 5.78 Å². The molecule has 106 valence electrons. The molecule has 0 heterocycles. The summed E-state index contributed by atoms with van der Waals surface area (Å²) in [6.45, 7) is 0.646. The van der Waals surface area contributed by atoms with Crippen LogP contribution in [0, 0.1) is 0 Å². The summed E-state index contributed by atoms with van der Waals surface area (Å²) in [7, 11) is 1.52. The normalized spacial score (nSPS) is 11.6. The lowest BCUT2D eigenvalue weighted by Crippen LogP contribution is -2.14. The maximum atomic E-state index is 12.3. The molecule has 0 aromatic heterocycles. The number of rotatable bonds is 7. The monoisotopic (exact) mass is 276 g/mol. The minimum Gasteiger partial charge on any atom is -0.382 e. The van der Waals surface area contributed by atoms with Crippen LogP contribution >= 0.6 is 0 Å². The van der Waals surface area contributed by atoms with Crippen LogP contribution in [0.1, 0.15) is 11.1 Å². The molecule has 0 unspecified atom stereocenters. The van der Waals surface area contributed by atoms with E-state index in [1.54, 1.807) is 0 Å². The van der Waals surface area contributed by atoms with Crippen LogP contribution in [0.15, 0.2) is 24.3 Å². The van der Waals surface area contributed by atoms with Gasteiger partial charge in [0.05, 0.1) is 18.8 Å². The van der Waals surface area contributed by atoms with Gasteiger partial charge in [-0.15, -0.1) is 0 Å². The Balaban J connectivity index is 2.43. The van der Waals surface area contributed by atoms with Gasteiger partial charge in [-0.1, -0.05) is 12.1 Å². The summed E-state index contributed by atoms with van der Waals surface area (Å²) >= 11 is 0. The number of hydrogen-bond acceptors (Lipinski definition) is 3. The standard InChI is InChI=1S/C13H15F3O3/c1-18-6-7-19-9-12(17)8-10-2-4-11(5-3-10)13(14,15)16/h2-5H,6-9H2,1H3. The molecule has 0 spiro atoms. The van der Waals surface area contributed by atoms with Gasteiger partial charge in [0, 0.05) is 13.5 Å². The van der Waals surface area contributed by atoms with Crippen LogP contribution in [-0.4, -0.2) is 32.7 Å². The lowest BCUT2D eigenvalue weighted by atomic mass is 10.1. The molecule has 1 aromatic carbocycles. The van der Waals surface area contributed by atoms with Gasteiger partial charge in [0.2, 0.25) is 0 Å². The average Bonchev–Trinajstić information content (AvgIpc) is 2.34. The first-order valence-corrected chi connectivity index (χ1v) is 5.68. The fourth-order valence-electron chi connectivity index (χ4n) is 1.42. The Bertz CT molecular complexity index is 399. The van der Waals surface area contributed by atoms with Gasteiger partial charge >= 0.3 is 6.18 Å². The first kappa shape index (κ1) is 15.7. The largest absolute Gasteiger partial charge is 0.416 e. The number of benzene rings is 1. The number of methoxy groups -OCH3 is 1. The Morgan fingerprint density at radius 3 is 2.32 bits per heavy atom. The molecular formula is C13H15F3O3. The van der Waals surface area contributed by atoms with Crippen molar-refractivity contribution in [3.05, 3.63) is 35.4 Å². The Morgan fingerprint density at radius 1 is 1.16 bits per heavy atom. The third-order valence-electron chi connectivity index (χ3n) is 2.38. The second-order valence-electron chi connectivity index (χ2n) is 3.96. The first-order valence-electron chi connectivity index (χ1n) is 5.68. The molecule has 0 bridgehead atoms. The fourth-order valence-corrected chi connectivity index (χ4v) is 1.42. The summed E-state index contributed by atoms with van der Waals surface area (Å²) in [6, 6.07) is 4.54. The second-order valence-corrected chi connectivity index (χ2v) is 3.96. The van der Waals surface area contributed by atoms with Crippen molar-refractivity contribution in [3.8, 4) is 0 Å². The highest BCUT2D eigenvalue weighted by Crippen LogP contribution is 2.29. The Morgan fingerprint density at radius 2 is 1.79 bits per heavy atom. The van der Waals surface area contributed by atoms with Crippen molar-refractivity contribution in [2.24, 2.45) is 0 Å². The number of carbonyl (C=O) groups excluding carboxylic acids is 1. The fraction of sp³-hybridized carbons (Fsp3) is 0.462. The maximum Gasteiger partial charge on any atom is 0.416 e. The van der Waals surface area contributed by atoms with Crippen LogP contribution < -0.4 is 0 Å². The number of ketones is 1. The molecule has 0 amide bonds. The Kier molecular flexibility index (Phi) is 5.98. The van der Waals surface area contributed by atoms with E-state index in [1.165, 1.54) is 19.2 Å². The summed E-state index contributed by atoms with van der Waals surface area (Å²) in [4.78, 5) is 11.5. The molecule has 0 N–H and O–H groups in total. The maximum absolute atomic E-state index is 12.3. The van der Waals surface area contributed by atoms with Crippen LogP contribution in [0.25, 0.3) is 0 Å². The van der Waals surface area contributed by atoms with Gasteiger partial charge in [0.25, 0.3) is 0 Å². The van der Waals surface area contributed by atoms with E-state index < -0.39 is 11.7 Å². The number of carbonyl (C=O) groups is 1. The van der Waals surface area contributed by atoms with E-state index in [-0.39, 0.29) is 18.8 Å². The van der Waals surface area contributed by atoms with Gasteiger partial charge in [-0.3, -0.25) is 4.79 Å². The molecule has 0 saturated carbocycles. The lowest BCUT2D eigenvalue weighted by molar-refractivity contribution is -0.137. The van der Waals surface area contributed by atoms with Crippen LogP contribution in [0.4, 0.5) is 13.2 Å².